The molecule has 1 aromatic rings. The number of hydrogen-bond acceptors (Lipinski definition) is 3. The van der Waals surface area contributed by atoms with Crippen molar-refractivity contribution in [2.75, 3.05) is 12.8 Å². The zero-order chi connectivity index (χ0) is 11.4. The summed E-state index contributed by atoms with van der Waals surface area (Å²) < 4.78 is 5.46. The fourth-order valence-corrected chi connectivity index (χ4v) is 1.20. The number of amides is 1. The van der Waals surface area contributed by atoms with Gasteiger partial charge in [0.25, 0.3) is 5.91 Å². The minimum Gasteiger partial charge on any atom is -0.489 e. The van der Waals surface area contributed by atoms with E-state index in [1.54, 1.807) is 25.2 Å². The van der Waals surface area contributed by atoms with Crippen LogP contribution in [0.1, 0.15) is 24.2 Å². The second kappa shape index (κ2) is 4.68. The van der Waals surface area contributed by atoms with Gasteiger partial charge >= 0.3 is 0 Å². The van der Waals surface area contributed by atoms with Crippen molar-refractivity contribution in [1.82, 2.24) is 5.32 Å². The predicted octanol–water partition coefficient (Wildman–Crippen LogP) is 1.42. The summed E-state index contributed by atoms with van der Waals surface area (Å²) in [6, 6.07) is 5.00. The highest BCUT2D eigenvalue weighted by Gasteiger charge is 2.07. The van der Waals surface area contributed by atoms with Crippen molar-refractivity contribution in [3.8, 4) is 5.75 Å². The lowest BCUT2D eigenvalue weighted by molar-refractivity contribution is 0.0963. The predicted molar refractivity (Wildman–Crippen MR) is 60.0 cm³/mol. The van der Waals surface area contributed by atoms with Crippen LogP contribution in [0, 0.1) is 0 Å². The van der Waals surface area contributed by atoms with Gasteiger partial charge in [-0.3, -0.25) is 4.79 Å². The minimum absolute atomic E-state index is 0.0677. The van der Waals surface area contributed by atoms with E-state index in [4.69, 9.17) is 10.5 Å². The Hall–Kier alpha value is -1.71. The number of anilines is 1. The summed E-state index contributed by atoms with van der Waals surface area (Å²) in [6.07, 6.45) is 0.0677. The van der Waals surface area contributed by atoms with Gasteiger partial charge in [0.05, 0.1) is 11.8 Å². The van der Waals surface area contributed by atoms with E-state index in [9.17, 15) is 4.79 Å². The number of carbonyl (C=O) groups excluding carboxylic acids is 1. The average Bonchev–Trinajstić information content (AvgIpc) is 2.19. The van der Waals surface area contributed by atoms with Gasteiger partial charge in [-0.2, -0.15) is 0 Å². The Labute approximate surface area is 89.4 Å². The molecular weight excluding hydrogens is 192 g/mol. The van der Waals surface area contributed by atoms with E-state index in [1.807, 2.05) is 13.8 Å². The Morgan fingerprint density at radius 3 is 2.60 bits per heavy atom. The van der Waals surface area contributed by atoms with E-state index in [0.717, 1.165) is 0 Å². The van der Waals surface area contributed by atoms with Crippen LogP contribution in [-0.2, 0) is 0 Å². The van der Waals surface area contributed by atoms with E-state index < -0.39 is 0 Å². The summed E-state index contributed by atoms with van der Waals surface area (Å²) in [5, 5.41) is 2.53. The summed E-state index contributed by atoms with van der Waals surface area (Å²) in [6.45, 7) is 3.85. The molecule has 1 aromatic carbocycles. The van der Waals surface area contributed by atoms with Crippen molar-refractivity contribution in [3.63, 3.8) is 0 Å². The topological polar surface area (TPSA) is 64.3 Å². The standard InChI is InChI=1S/C11H16N2O2/c1-7(2)15-10-5-4-8(6-9(10)12)11(14)13-3/h4-7H,12H2,1-3H3,(H,13,14). The third-order valence-corrected chi connectivity index (χ3v) is 1.86. The van der Waals surface area contributed by atoms with Crippen LogP contribution in [0.3, 0.4) is 0 Å². The van der Waals surface area contributed by atoms with E-state index in [0.29, 0.717) is 17.0 Å². The number of nitrogens with one attached hydrogen (secondary N) is 1. The maximum atomic E-state index is 11.3. The van der Waals surface area contributed by atoms with Crippen LogP contribution < -0.4 is 15.8 Å². The summed E-state index contributed by atoms with van der Waals surface area (Å²) in [5.74, 6) is 0.454. The SMILES string of the molecule is CNC(=O)c1ccc(OC(C)C)c(N)c1. The first-order chi connectivity index (χ1) is 7.04. The number of nitrogen functional groups attached to an aromatic ring is 1. The zero-order valence-corrected chi connectivity index (χ0v) is 9.20. The summed E-state index contributed by atoms with van der Waals surface area (Å²) in [4.78, 5) is 11.3. The third-order valence-electron chi connectivity index (χ3n) is 1.86. The summed E-state index contributed by atoms with van der Waals surface area (Å²) in [7, 11) is 1.58. The molecule has 4 nitrogen and oxygen atoms in total. The molecule has 0 saturated heterocycles. The molecule has 1 rings (SSSR count). The van der Waals surface area contributed by atoms with Crippen LogP contribution in [0.4, 0.5) is 5.69 Å². The monoisotopic (exact) mass is 208 g/mol. The van der Waals surface area contributed by atoms with Gasteiger partial charge in [0.1, 0.15) is 5.75 Å². The highest BCUT2D eigenvalue weighted by atomic mass is 16.5. The van der Waals surface area contributed by atoms with Gasteiger partial charge in [-0.15, -0.1) is 0 Å². The maximum Gasteiger partial charge on any atom is 0.251 e. The Morgan fingerprint density at radius 2 is 2.13 bits per heavy atom. The largest absolute Gasteiger partial charge is 0.489 e. The van der Waals surface area contributed by atoms with E-state index in [1.165, 1.54) is 0 Å². The van der Waals surface area contributed by atoms with Gasteiger partial charge in [-0.05, 0) is 32.0 Å². The zero-order valence-electron chi connectivity index (χ0n) is 9.20. The molecule has 0 saturated carbocycles. The lowest BCUT2D eigenvalue weighted by atomic mass is 10.2. The van der Waals surface area contributed by atoms with E-state index in [2.05, 4.69) is 5.32 Å². The lowest BCUT2D eigenvalue weighted by Gasteiger charge is -2.12. The van der Waals surface area contributed by atoms with Gasteiger partial charge in [-0.25, -0.2) is 0 Å². The molecule has 0 aromatic heterocycles. The van der Waals surface area contributed by atoms with Crippen LogP contribution in [0.5, 0.6) is 5.75 Å². The fourth-order valence-electron chi connectivity index (χ4n) is 1.20. The number of hydrogen-bond donors (Lipinski definition) is 2. The maximum absolute atomic E-state index is 11.3. The molecule has 82 valence electrons. The minimum atomic E-state index is -0.155. The van der Waals surface area contributed by atoms with Crippen molar-refractivity contribution in [2.24, 2.45) is 0 Å². The fraction of sp³-hybridized carbons (Fsp3) is 0.364. The van der Waals surface area contributed by atoms with Crippen molar-refractivity contribution in [1.29, 1.82) is 0 Å². The molecule has 3 N–H and O–H groups in total. The molecule has 0 aliphatic rings. The number of rotatable bonds is 3. The van der Waals surface area contributed by atoms with Crippen LogP contribution >= 0.6 is 0 Å². The molecule has 0 aliphatic heterocycles. The van der Waals surface area contributed by atoms with Gasteiger partial charge in [0.15, 0.2) is 0 Å². The highest BCUT2D eigenvalue weighted by Crippen LogP contribution is 2.23. The van der Waals surface area contributed by atoms with Gasteiger partial charge in [0.2, 0.25) is 0 Å². The second-order valence-electron chi connectivity index (χ2n) is 3.50. The van der Waals surface area contributed by atoms with Gasteiger partial charge < -0.3 is 15.8 Å². The van der Waals surface area contributed by atoms with Crippen molar-refractivity contribution in [3.05, 3.63) is 23.8 Å². The quantitative estimate of drug-likeness (QED) is 0.738. The first kappa shape index (κ1) is 11.4. The van der Waals surface area contributed by atoms with Crippen LogP contribution in [0.2, 0.25) is 0 Å². The number of ether oxygens (including phenoxy) is 1. The van der Waals surface area contributed by atoms with Gasteiger partial charge in [-0.1, -0.05) is 0 Å². The van der Waals surface area contributed by atoms with Crippen molar-refractivity contribution in [2.45, 2.75) is 20.0 Å². The molecule has 0 aliphatic carbocycles. The molecule has 0 heterocycles. The Morgan fingerprint density at radius 1 is 1.47 bits per heavy atom. The molecule has 0 unspecified atom stereocenters. The molecule has 1 amide bonds. The third kappa shape index (κ3) is 2.87. The number of nitrogens with two attached hydrogens (primary N) is 1. The Bertz CT molecular complexity index is 362. The first-order valence-corrected chi connectivity index (χ1v) is 4.83. The molecule has 0 radical (unpaired) electrons. The van der Waals surface area contributed by atoms with Crippen LogP contribution in [0.25, 0.3) is 0 Å². The van der Waals surface area contributed by atoms with Gasteiger partial charge in [0, 0.05) is 12.6 Å². The average molecular weight is 208 g/mol. The Balaban J connectivity index is 2.93. The molecule has 0 fully saturated rings. The van der Waals surface area contributed by atoms with E-state index in [-0.39, 0.29) is 12.0 Å². The highest BCUT2D eigenvalue weighted by molar-refractivity contribution is 5.95. The van der Waals surface area contributed by atoms with E-state index >= 15 is 0 Å². The molecule has 0 atom stereocenters. The first-order valence-electron chi connectivity index (χ1n) is 4.83. The second-order valence-corrected chi connectivity index (χ2v) is 3.50. The number of benzene rings is 1. The Kier molecular flexibility index (Phi) is 3.55. The lowest BCUT2D eigenvalue weighted by Crippen LogP contribution is -2.18. The molecular formula is C11H16N2O2. The molecule has 15 heavy (non-hydrogen) atoms. The number of carbonyl (C=O) groups is 1. The molecule has 0 bridgehead atoms. The van der Waals surface area contributed by atoms with Crippen LogP contribution in [-0.4, -0.2) is 19.1 Å². The smallest absolute Gasteiger partial charge is 0.251 e. The van der Waals surface area contributed by atoms with Crippen molar-refractivity contribution >= 4 is 11.6 Å². The summed E-state index contributed by atoms with van der Waals surface area (Å²) >= 11 is 0. The van der Waals surface area contributed by atoms with Crippen molar-refractivity contribution < 1.29 is 9.53 Å². The molecule has 4 heteroatoms. The normalized spacial score (nSPS) is 10.1. The molecule has 0 spiro atoms. The van der Waals surface area contributed by atoms with Crippen LogP contribution in [0.15, 0.2) is 18.2 Å². The summed E-state index contributed by atoms with van der Waals surface area (Å²) in [5.41, 5.74) is 6.77.